The highest BCUT2D eigenvalue weighted by Gasteiger charge is 2.25. The minimum absolute atomic E-state index is 0.152. The van der Waals surface area contributed by atoms with E-state index in [-0.39, 0.29) is 12.6 Å². The van der Waals surface area contributed by atoms with Gasteiger partial charge in [0, 0.05) is 31.5 Å². The molecule has 0 atom stereocenters. The van der Waals surface area contributed by atoms with Gasteiger partial charge in [0.25, 0.3) is 0 Å². The number of benzene rings is 2. The molecule has 1 aliphatic carbocycles. The molecule has 0 aliphatic heterocycles. The molecule has 3 rings (SSSR count). The maximum Gasteiger partial charge on any atom is 0.328 e. The molecule has 0 radical (unpaired) electrons. The second-order valence-corrected chi connectivity index (χ2v) is 9.96. The minimum atomic E-state index is -1.04. The average molecular weight is 494 g/mol. The van der Waals surface area contributed by atoms with Crippen molar-refractivity contribution in [3.8, 4) is 0 Å². The number of anilines is 3. The smallest absolute Gasteiger partial charge is 0.328 e. The van der Waals surface area contributed by atoms with Crippen LogP contribution in [0.3, 0.4) is 0 Å². The Morgan fingerprint density at radius 2 is 1.78 bits per heavy atom. The number of urea groups is 1. The molecular formula is C29H39N3O4. The molecule has 0 unspecified atom stereocenters. The van der Waals surface area contributed by atoms with Gasteiger partial charge >= 0.3 is 12.0 Å². The van der Waals surface area contributed by atoms with Crippen molar-refractivity contribution in [1.29, 1.82) is 0 Å². The SMILES string of the molecule is COC/C(=C/C(=O)O)c1ccc(N(CC(C)C)C2CCCCC2)c(NC(=O)Nc2ccc(C)cc2)c1. The molecule has 2 aromatic rings. The van der Waals surface area contributed by atoms with Crippen LogP contribution in [0.1, 0.15) is 57.1 Å². The maximum absolute atomic E-state index is 13.1. The zero-order valence-electron chi connectivity index (χ0n) is 21.8. The third-order valence-corrected chi connectivity index (χ3v) is 6.41. The van der Waals surface area contributed by atoms with Gasteiger partial charge in [-0.05, 0) is 61.1 Å². The van der Waals surface area contributed by atoms with Crippen molar-refractivity contribution in [3.05, 3.63) is 59.7 Å². The van der Waals surface area contributed by atoms with E-state index in [2.05, 4.69) is 29.4 Å². The second-order valence-electron chi connectivity index (χ2n) is 9.96. The molecule has 3 N–H and O–H groups in total. The van der Waals surface area contributed by atoms with E-state index >= 15 is 0 Å². The van der Waals surface area contributed by atoms with Crippen molar-refractivity contribution in [2.45, 2.75) is 58.9 Å². The van der Waals surface area contributed by atoms with Gasteiger partial charge in [0.1, 0.15) is 0 Å². The van der Waals surface area contributed by atoms with Crippen molar-refractivity contribution in [1.82, 2.24) is 0 Å². The van der Waals surface area contributed by atoms with Gasteiger partial charge in [-0.2, -0.15) is 0 Å². The number of carbonyl (C=O) groups excluding carboxylic acids is 1. The number of carboxylic acids is 1. The molecule has 0 saturated heterocycles. The molecule has 2 aromatic carbocycles. The molecular weight excluding hydrogens is 454 g/mol. The molecule has 7 nitrogen and oxygen atoms in total. The van der Waals surface area contributed by atoms with Crippen LogP contribution in [-0.4, -0.2) is 43.4 Å². The minimum Gasteiger partial charge on any atom is -0.478 e. The van der Waals surface area contributed by atoms with Crippen LogP contribution in [0.5, 0.6) is 0 Å². The number of nitrogens with one attached hydrogen (secondary N) is 2. The molecule has 1 fully saturated rings. The van der Waals surface area contributed by atoms with Crippen LogP contribution >= 0.6 is 0 Å². The highest BCUT2D eigenvalue weighted by atomic mass is 16.5. The highest BCUT2D eigenvalue weighted by Crippen LogP contribution is 2.35. The van der Waals surface area contributed by atoms with E-state index in [0.29, 0.717) is 34.5 Å². The Bertz CT molecular complexity index is 1060. The summed E-state index contributed by atoms with van der Waals surface area (Å²) in [5, 5.41) is 15.3. The quantitative estimate of drug-likeness (QED) is 0.327. The Labute approximate surface area is 214 Å². The number of amides is 2. The Morgan fingerprint density at radius 1 is 1.08 bits per heavy atom. The van der Waals surface area contributed by atoms with Crippen LogP contribution in [0.2, 0.25) is 0 Å². The Balaban J connectivity index is 2.00. The summed E-state index contributed by atoms with van der Waals surface area (Å²) in [6.07, 6.45) is 7.06. The first-order valence-electron chi connectivity index (χ1n) is 12.7. The van der Waals surface area contributed by atoms with Gasteiger partial charge in [-0.15, -0.1) is 0 Å². The molecule has 36 heavy (non-hydrogen) atoms. The number of methoxy groups -OCH3 is 1. The van der Waals surface area contributed by atoms with E-state index in [1.807, 2.05) is 49.4 Å². The predicted octanol–water partition coefficient (Wildman–Crippen LogP) is 6.55. The number of aryl methyl sites for hydroxylation is 1. The number of hydrogen-bond donors (Lipinski definition) is 3. The largest absolute Gasteiger partial charge is 0.478 e. The zero-order chi connectivity index (χ0) is 26.1. The topological polar surface area (TPSA) is 90.9 Å². The lowest BCUT2D eigenvalue weighted by Gasteiger charge is -2.38. The number of rotatable bonds is 10. The van der Waals surface area contributed by atoms with Gasteiger partial charge in [0.05, 0.1) is 18.0 Å². The van der Waals surface area contributed by atoms with Crippen molar-refractivity contribution in [2.75, 3.05) is 35.8 Å². The fraction of sp³-hybridized carbons (Fsp3) is 0.448. The Hall–Kier alpha value is -3.32. The first-order valence-corrected chi connectivity index (χ1v) is 12.7. The van der Waals surface area contributed by atoms with Gasteiger partial charge in [-0.3, -0.25) is 0 Å². The lowest BCUT2D eigenvalue weighted by Crippen LogP contribution is -2.40. The van der Waals surface area contributed by atoms with Crippen LogP contribution in [0.15, 0.2) is 48.5 Å². The molecule has 0 bridgehead atoms. The number of nitrogens with zero attached hydrogens (tertiary/aromatic N) is 1. The van der Waals surface area contributed by atoms with E-state index in [9.17, 15) is 14.7 Å². The van der Waals surface area contributed by atoms with E-state index in [0.717, 1.165) is 36.7 Å². The number of ether oxygens (including phenoxy) is 1. The van der Waals surface area contributed by atoms with Gasteiger partial charge in [-0.1, -0.05) is 56.9 Å². The molecule has 0 spiro atoms. The summed E-state index contributed by atoms with van der Waals surface area (Å²) in [6.45, 7) is 7.42. The summed E-state index contributed by atoms with van der Waals surface area (Å²) in [4.78, 5) is 26.9. The lowest BCUT2D eigenvalue weighted by molar-refractivity contribution is -0.131. The summed E-state index contributed by atoms with van der Waals surface area (Å²) in [7, 11) is 1.53. The average Bonchev–Trinajstić information content (AvgIpc) is 2.84. The maximum atomic E-state index is 13.1. The third kappa shape index (κ3) is 7.85. The molecule has 1 saturated carbocycles. The highest BCUT2D eigenvalue weighted by molar-refractivity contribution is 6.02. The van der Waals surface area contributed by atoms with Crippen molar-refractivity contribution < 1.29 is 19.4 Å². The van der Waals surface area contributed by atoms with Crippen LogP contribution in [0, 0.1) is 12.8 Å². The lowest BCUT2D eigenvalue weighted by atomic mass is 9.92. The van der Waals surface area contributed by atoms with Crippen LogP contribution in [-0.2, 0) is 9.53 Å². The van der Waals surface area contributed by atoms with E-state index in [4.69, 9.17) is 4.74 Å². The van der Waals surface area contributed by atoms with Gasteiger partial charge in [-0.25, -0.2) is 9.59 Å². The normalized spacial score (nSPS) is 14.5. The van der Waals surface area contributed by atoms with E-state index < -0.39 is 5.97 Å². The van der Waals surface area contributed by atoms with Crippen LogP contribution in [0.4, 0.5) is 21.9 Å². The monoisotopic (exact) mass is 493 g/mol. The Morgan fingerprint density at radius 3 is 2.39 bits per heavy atom. The van der Waals surface area contributed by atoms with Gasteiger partial charge < -0.3 is 25.4 Å². The van der Waals surface area contributed by atoms with Gasteiger partial charge in [0.2, 0.25) is 0 Å². The molecule has 1 aliphatic rings. The number of aliphatic carboxylic acids is 1. The summed E-state index contributed by atoms with van der Waals surface area (Å²) < 4.78 is 5.25. The summed E-state index contributed by atoms with van der Waals surface area (Å²) in [5.74, 6) is -0.599. The standard InChI is InChI=1S/C29H39N3O4/c1-20(2)18-32(25-8-6-5-7-9-25)27-15-12-22(23(19-36-4)17-28(33)34)16-26(27)31-29(35)30-24-13-10-21(3)11-14-24/h10-17,20,25H,5-9,18-19H2,1-4H3,(H,33,34)(H2,30,31,35)/b23-17-. The van der Waals surface area contributed by atoms with Crippen molar-refractivity contribution in [2.24, 2.45) is 5.92 Å². The number of carboxylic acid groups (broad SMARTS) is 1. The number of hydrogen-bond acceptors (Lipinski definition) is 4. The Kier molecular flexibility index (Phi) is 9.94. The molecule has 7 heteroatoms. The molecule has 2 amide bonds. The molecule has 194 valence electrons. The summed E-state index contributed by atoms with van der Waals surface area (Å²) in [5.41, 5.74) is 4.64. The first kappa shape index (κ1) is 27.3. The van der Waals surface area contributed by atoms with Crippen molar-refractivity contribution in [3.63, 3.8) is 0 Å². The first-order chi connectivity index (χ1) is 17.3. The summed E-state index contributed by atoms with van der Waals surface area (Å²) >= 11 is 0. The predicted molar refractivity (Wildman–Crippen MR) is 147 cm³/mol. The summed E-state index contributed by atoms with van der Waals surface area (Å²) in [6, 6.07) is 13.5. The van der Waals surface area contributed by atoms with Crippen LogP contribution < -0.4 is 15.5 Å². The van der Waals surface area contributed by atoms with Crippen molar-refractivity contribution >= 4 is 34.6 Å². The van der Waals surface area contributed by atoms with E-state index in [1.54, 1.807) is 0 Å². The van der Waals surface area contributed by atoms with E-state index in [1.165, 1.54) is 26.4 Å². The zero-order valence-corrected chi connectivity index (χ0v) is 21.8. The third-order valence-electron chi connectivity index (χ3n) is 6.41. The number of carbonyl (C=O) groups is 2. The fourth-order valence-corrected chi connectivity index (χ4v) is 4.75. The fourth-order valence-electron chi connectivity index (χ4n) is 4.75. The molecule has 0 aromatic heterocycles. The molecule has 0 heterocycles. The second kappa shape index (κ2) is 13.1. The van der Waals surface area contributed by atoms with Crippen LogP contribution in [0.25, 0.3) is 5.57 Å². The van der Waals surface area contributed by atoms with Gasteiger partial charge in [0.15, 0.2) is 0 Å².